The molecule has 0 saturated heterocycles. The standard InChI is InChI=1S/C20H17Cl2N5OS2/c1-20(2)6-12-15(13(28)7-20)14(9-4-3-5-11(21)16(9)22)10(8-23)17(24)27(12)18-25-26-19(29)30-18/h3-5,14H,6-7,24H2,1-2H3,(H,26,29). The van der Waals surface area contributed by atoms with Crippen LogP contribution in [0, 0.1) is 20.7 Å². The molecule has 4 rings (SSSR count). The van der Waals surface area contributed by atoms with Crippen LogP contribution in [0.4, 0.5) is 5.13 Å². The van der Waals surface area contributed by atoms with Gasteiger partial charge in [-0.05, 0) is 35.7 Å². The van der Waals surface area contributed by atoms with Gasteiger partial charge in [-0.1, -0.05) is 60.5 Å². The number of carbonyl (C=O) groups is 1. The van der Waals surface area contributed by atoms with Gasteiger partial charge in [-0.3, -0.25) is 14.8 Å². The molecule has 30 heavy (non-hydrogen) atoms. The summed E-state index contributed by atoms with van der Waals surface area (Å²) in [4.78, 5) is 15.1. The molecule has 0 fully saturated rings. The number of nitrogens with one attached hydrogen (secondary N) is 1. The van der Waals surface area contributed by atoms with Crippen LogP contribution in [0.1, 0.15) is 38.2 Å². The normalized spacial score (nSPS) is 21.0. The van der Waals surface area contributed by atoms with Crippen LogP contribution in [0.5, 0.6) is 0 Å². The first-order valence-electron chi connectivity index (χ1n) is 9.10. The number of carbonyl (C=O) groups excluding carboxylic acids is 1. The van der Waals surface area contributed by atoms with Gasteiger partial charge in [-0.15, -0.1) is 5.10 Å². The lowest BCUT2D eigenvalue weighted by molar-refractivity contribution is -0.118. The number of allylic oxidation sites excluding steroid dienone is 3. The molecule has 1 atom stereocenters. The Labute approximate surface area is 192 Å². The summed E-state index contributed by atoms with van der Waals surface area (Å²) < 4.78 is 0.472. The van der Waals surface area contributed by atoms with E-state index in [1.165, 1.54) is 11.3 Å². The lowest BCUT2D eigenvalue weighted by atomic mass is 9.68. The summed E-state index contributed by atoms with van der Waals surface area (Å²) in [6.45, 7) is 4.06. The highest BCUT2D eigenvalue weighted by Gasteiger charge is 2.45. The van der Waals surface area contributed by atoms with E-state index >= 15 is 0 Å². The number of aromatic amines is 1. The average Bonchev–Trinajstić information content (AvgIpc) is 3.08. The molecule has 1 aromatic heterocycles. The van der Waals surface area contributed by atoms with Crippen molar-refractivity contribution in [1.82, 2.24) is 10.2 Å². The molecular weight excluding hydrogens is 461 g/mol. The molecule has 1 aromatic carbocycles. The van der Waals surface area contributed by atoms with Gasteiger partial charge in [-0.2, -0.15) is 5.26 Å². The van der Waals surface area contributed by atoms with Crippen LogP contribution in [0.3, 0.4) is 0 Å². The number of anilines is 1. The van der Waals surface area contributed by atoms with Crippen molar-refractivity contribution in [2.45, 2.75) is 32.6 Å². The van der Waals surface area contributed by atoms with E-state index < -0.39 is 5.92 Å². The van der Waals surface area contributed by atoms with Crippen molar-refractivity contribution in [3.8, 4) is 6.07 Å². The number of Topliss-reactive ketones (excluding diaryl/α,β-unsaturated/α-hetero) is 1. The van der Waals surface area contributed by atoms with E-state index in [1.54, 1.807) is 23.1 Å². The number of hydrogen-bond donors (Lipinski definition) is 2. The molecule has 1 aliphatic heterocycles. The molecular formula is C20H17Cl2N5OS2. The fourth-order valence-electron chi connectivity index (χ4n) is 4.10. The topological polar surface area (TPSA) is 98.8 Å². The summed E-state index contributed by atoms with van der Waals surface area (Å²) in [7, 11) is 0. The largest absolute Gasteiger partial charge is 0.384 e. The number of hydrogen-bond acceptors (Lipinski definition) is 7. The second-order valence-corrected chi connectivity index (χ2v) is 10.4. The maximum Gasteiger partial charge on any atom is 0.216 e. The van der Waals surface area contributed by atoms with Crippen molar-refractivity contribution < 1.29 is 4.79 Å². The van der Waals surface area contributed by atoms with Crippen molar-refractivity contribution in [1.29, 1.82) is 5.26 Å². The molecule has 0 saturated carbocycles. The minimum absolute atomic E-state index is 0.0494. The zero-order valence-electron chi connectivity index (χ0n) is 16.1. The highest BCUT2D eigenvalue weighted by molar-refractivity contribution is 7.73. The third kappa shape index (κ3) is 3.36. The Morgan fingerprint density at radius 3 is 2.77 bits per heavy atom. The highest BCUT2D eigenvalue weighted by Crippen LogP contribution is 2.51. The number of aromatic nitrogens is 2. The van der Waals surface area contributed by atoms with Gasteiger partial charge in [0.15, 0.2) is 9.74 Å². The van der Waals surface area contributed by atoms with Crippen LogP contribution >= 0.6 is 46.8 Å². The minimum Gasteiger partial charge on any atom is -0.384 e. The molecule has 2 heterocycles. The number of nitrogens with two attached hydrogens (primary N) is 1. The van der Waals surface area contributed by atoms with Crippen molar-refractivity contribution >= 4 is 57.7 Å². The maximum atomic E-state index is 13.4. The SMILES string of the molecule is CC1(C)CC(=O)C2=C(C1)N(c1n[nH]c(=S)s1)C(N)=C(C#N)C2c1cccc(Cl)c1Cl. The predicted octanol–water partition coefficient (Wildman–Crippen LogP) is 5.45. The van der Waals surface area contributed by atoms with Gasteiger partial charge in [0.1, 0.15) is 5.82 Å². The third-order valence-electron chi connectivity index (χ3n) is 5.29. The van der Waals surface area contributed by atoms with Crippen molar-refractivity contribution in [3.63, 3.8) is 0 Å². The number of H-pyrrole nitrogens is 1. The molecule has 0 bridgehead atoms. The monoisotopic (exact) mass is 477 g/mol. The Kier molecular flexibility index (Phi) is 5.27. The molecule has 6 nitrogen and oxygen atoms in total. The summed E-state index contributed by atoms with van der Waals surface area (Å²) in [5, 5.41) is 18.2. The van der Waals surface area contributed by atoms with Crippen molar-refractivity contribution in [2.24, 2.45) is 11.1 Å². The molecule has 0 radical (unpaired) electrons. The van der Waals surface area contributed by atoms with Crippen molar-refractivity contribution in [2.75, 3.05) is 4.90 Å². The Balaban J connectivity index is 2.05. The molecule has 154 valence electrons. The van der Waals surface area contributed by atoms with Gasteiger partial charge in [-0.25, -0.2) is 0 Å². The van der Waals surface area contributed by atoms with Gasteiger partial charge in [0.2, 0.25) is 5.13 Å². The van der Waals surface area contributed by atoms with E-state index in [2.05, 4.69) is 16.3 Å². The van der Waals surface area contributed by atoms with Gasteiger partial charge in [0.05, 0.1) is 27.6 Å². The van der Waals surface area contributed by atoms with E-state index in [0.29, 0.717) is 48.8 Å². The fourth-order valence-corrected chi connectivity index (χ4v) is 5.43. The van der Waals surface area contributed by atoms with Gasteiger partial charge < -0.3 is 5.73 Å². The van der Waals surface area contributed by atoms with Crippen LogP contribution < -0.4 is 10.6 Å². The maximum absolute atomic E-state index is 13.4. The van der Waals surface area contributed by atoms with E-state index in [0.717, 1.165) is 0 Å². The highest BCUT2D eigenvalue weighted by atomic mass is 35.5. The summed E-state index contributed by atoms with van der Waals surface area (Å²) in [5.41, 5.74) is 8.26. The van der Waals surface area contributed by atoms with E-state index in [9.17, 15) is 10.1 Å². The lowest BCUT2D eigenvalue weighted by Gasteiger charge is -2.42. The minimum atomic E-state index is -0.692. The van der Waals surface area contributed by atoms with Gasteiger partial charge >= 0.3 is 0 Å². The zero-order chi connectivity index (χ0) is 21.8. The zero-order valence-corrected chi connectivity index (χ0v) is 19.3. The lowest BCUT2D eigenvalue weighted by Crippen LogP contribution is -2.42. The van der Waals surface area contributed by atoms with Gasteiger partial charge in [0, 0.05) is 17.7 Å². The number of halogens is 2. The molecule has 3 N–H and O–H groups in total. The molecule has 0 amide bonds. The first-order valence-corrected chi connectivity index (χ1v) is 11.1. The molecule has 1 unspecified atom stereocenters. The van der Waals surface area contributed by atoms with Crippen LogP contribution in [0.15, 0.2) is 40.9 Å². The number of nitrogens with zero attached hydrogens (tertiary/aromatic N) is 3. The second-order valence-electron chi connectivity index (χ2n) is 8.02. The van der Waals surface area contributed by atoms with Crippen LogP contribution in [0.25, 0.3) is 0 Å². The Morgan fingerprint density at radius 2 is 2.13 bits per heavy atom. The number of rotatable bonds is 2. The third-order valence-corrected chi connectivity index (χ3v) is 7.20. The van der Waals surface area contributed by atoms with E-state index in [1.807, 2.05) is 13.8 Å². The Bertz CT molecular complexity index is 1230. The summed E-state index contributed by atoms with van der Waals surface area (Å²) in [6, 6.07) is 7.38. The molecule has 10 heteroatoms. The van der Waals surface area contributed by atoms with Crippen LogP contribution in [-0.4, -0.2) is 16.0 Å². The Morgan fingerprint density at radius 1 is 1.40 bits per heavy atom. The number of benzene rings is 1. The summed E-state index contributed by atoms with van der Waals surface area (Å²) in [6.07, 6.45) is 0.928. The molecule has 2 aromatic rings. The predicted molar refractivity (Wildman–Crippen MR) is 121 cm³/mol. The molecule has 2 aliphatic rings. The summed E-state index contributed by atoms with van der Waals surface area (Å²) in [5.74, 6) is -0.532. The quantitative estimate of drug-likeness (QED) is 0.557. The second kappa shape index (κ2) is 7.50. The average molecular weight is 478 g/mol. The summed E-state index contributed by atoms with van der Waals surface area (Å²) >= 11 is 19.2. The van der Waals surface area contributed by atoms with Gasteiger partial charge in [0.25, 0.3) is 0 Å². The first-order chi connectivity index (χ1) is 14.1. The fraction of sp³-hybridized carbons (Fsp3) is 0.300. The van der Waals surface area contributed by atoms with Crippen LogP contribution in [-0.2, 0) is 4.79 Å². The van der Waals surface area contributed by atoms with Crippen molar-refractivity contribution in [3.05, 3.63) is 60.4 Å². The molecule has 1 aliphatic carbocycles. The van der Waals surface area contributed by atoms with Crippen LogP contribution in [0.2, 0.25) is 10.0 Å². The first kappa shape index (κ1) is 21.1. The van der Waals surface area contributed by atoms with E-state index in [-0.39, 0.29) is 22.6 Å². The van der Waals surface area contributed by atoms with E-state index in [4.69, 9.17) is 41.2 Å². The number of nitriles is 1. The smallest absolute Gasteiger partial charge is 0.216 e. The molecule has 0 spiro atoms. The number of ketones is 1. The Hall–Kier alpha value is -2.18.